The van der Waals surface area contributed by atoms with Gasteiger partial charge in [0, 0.05) is 26.1 Å². The molecule has 1 N–H and O–H groups in total. The third-order valence-electron chi connectivity index (χ3n) is 3.39. The van der Waals surface area contributed by atoms with Crippen LogP contribution in [0.25, 0.3) is 0 Å². The van der Waals surface area contributed by atoms with Gasteiger partial charge >= 0.3 is 0 Å². The second-order valence-electron chi connectivity index (χ2n) is 4.65. The van der Waals surface area contributed by atoms with Crippen LogP contribution in [0.4, 0.5) is 0 Å². The summed E-state index contributed by atoms with van der Waals surface area (Å²) in [6, 6.07) is 0. The fourth-order valence-electron chi connectivity index (χ4n) is 2.06. The number of likely N-dealkylation sites (tertiary alicyclic amines) is 1. The van der Waals surface area contributed by atoms with E-state index in [1.807, 2.05) is 4.90 Å². The molecule has 0 unspecified atom stereocenters. The van der Waals surface area contributed by atoms with Crippen LogP contribution in [0.3, 0.4) is 0 Å². The Balaban J connectivity index is 1.73. The standard InChI is InChI=1S/C11H19NO2/c13-8-10-3-5-12(6-4-10)11(14)7-9-1-2-9/h9-10,13H,1-8H2. The lowest BCUT2D eigenvalue weighted by molar-refractivity contribution is -0.133. The molecule has 3 nitrogen and oxygen atoms in total. The molecular formula is C11H19NO2. The summed E-state index contributed by atoms with van der Waals surface area (Å²) in [6.45, 7) is 2.00. The summed E-state index contributed by atoms with van der Waals surface area (Å²) in [5, 5.41) is 8.97. The molecule has 1 amide bonds. The molecule has 1 heterocycles. The minimum atomic E-state index is 0.282. The normalized spacial score (nSPS) is 23.9. The highest BCUT2D eigenvalue weighted by Crippen LogP contribution is 2.33. The molecule has 0 aromatic carbocycles. The van der Waals surface area contributed by atoms with Crippen molar-refractivity contribution in [3.63, 3.8) is 0 Å². The van der Waals surface area contributed by atoms with Gasteiger partial charge in [-0.1, -0.05) is 0 Å². The predicted octanol–water partition coefficient (Wildman–Crippen LogP) is 1.02. The van der Waals surface area contributed by atoms with Gasteiger partial charge in [0.05, 0.1) is 0 Å². The maximum absolute atomic E-state index is 11.7. The van der Waals surface area contributed by atoms with E-state index in [1.165, 1.54) is 12.8 Å². The van der Waals surface area contributed by atoms with Crippen molar-refractivity contribution in [3.8, 4) is 0 Å². The molecule has 0 aromatic heterocycles. The molecule has 80 valence electrons. The molecule has 1 saturated carbocycles. The van der Waals surface area contributed by atoms with Crippen molar-refractivity contribution >= 4 is 5.91 Å². The SMILES string of the molecule is O=C(CC1CC1)N1CCC(CO)CC1. The summed E-state index contributed by atoms with van der Waals surface area (Å²) in [6.07, 6.45) is 5.22. The monoisotopic (exact) mass is 197 g/mol. The second-order valence-corrected chi connectivity index (χ2v) is 4.65. The van der Waals surface area contributed by atoms with Gasteiger partial charge in [-0.3, -0.25) is 4.79 Å². The summed E-state index contributed by atoms with van der Waals surface area (Å²) in [5.74, 6) is 1.46. The van der Waals surface area contributed by atoms with Gasteiger partial charge in [-0.05, 0) is 37.5 Å². The Morgan fingerprint density at radius 3 is 2.29 bits per heavy atom. The van der Waals surface area contributed by atoms with E-state index in [1.54, 1.807) is 0 Å². The van der Waals surface area contributed by atoms with Crippen LogP contribution in [0.5, 0.6) is 0 Å². The number of nitrogens with zero attached hydrogens (tertiary/aromatic N) is 1. The lowest BCUT2D eigenvalue weighted by Crippen LogP contribution is -2.39. The third kappa shape index (κ3) is 2.47. The van der Waals surface area contributed by atoms with Crippen molar-refractivity contribution < 1.29 is 9.90 Å². The third-order valence-corrected chi connectivity index (χ3v) is 3.39. The molecule has 1 aliphatic carbocycles. The Bertz CT molecular complexity index is 205. The molecule has 0 radical (unpaired) electrons. The minimum Gasteiger partial charge on any atom is -0.396 e. The number of rotatable bonds is 3. The van der Waals surface area contributed by atoms with Crippen molar-refractivity contribution in [2.45, 2.75) is 32.1 Å². The summed E-state index contributed by atoms with van der Waals surface area (Å²) in [7, 11) is 0. The van der Waals surface area contributed by atoms with E-state index in [2.05, 4.69) is 0 Å². The lowest BCUT2D eigenvalue weighted by atomic mass is 9.97. The Hall–Kier alpha value is -0.570. The van der Waals surface area contributed by atoms with Crippen molar-refractivity contribution in [1.29, 1.82) is 0 Å². The van der Waals surface area contributed by atoms with E-state index in [0.29, 0.717) is 17.7 Å². The van der Waals surface area contributed by atoms with Gasteiger partial charge in [0.25, 0.3) is 0 Å². The van der Waals surface area contributed by atoms with Gasteiger partial charge in [0.15, 0.2) is 0 Å². The number of carbonyl (C=O) groups excluding carboxylic acids is 1. The van der Waals surface area contributed by atoms with Gasteiger partial charge in [-0.15, -0.1) is 0 Å². The Labute approximate surface area is 85.1 Å². The topological polar surface area (TPSA) is 40.5 Å². The van der Waals surface area contributed by atoms with Crippen LogP contribution in [-0.2, 0) is 4.79 Å². The Morgan fingerprint density at radius 2 is 1.79 bits per heavy atom. The maximum Gasteiger partial charge on any atom is 0.222 e. The van der Waals surface area contributed by atoms with Crippen LogP contribution >= 0.6 is 0 Å². The highest BCUT2D eigenvalue weighted by molar-refractivity contribution is 5.76. The average Bonchev–Trinajstić information content (AvgIpc) is 3.02. The van der Waals surface area contributed by atoms with E-state index in [0.717, 1.165) is 32.4 Å². The minimum absolute atomic E-state index is 0.282. The largest absolute Gasteiger partial charge is 0.396 e. The number of hydrogen-bond acceptors (Lipinski definition) is 2. The first-order valence-corrected chi connectivity index (χ1v) is 5.68. The first-order valence-electron chi connectivity index (χ1n) is 5.68. The number of hydrogen-bond donors (Lipinski definition) is 1. The first-order chi connectivity index (χ1) is 6.79. The second kappa shape index (κ2) is 4.30. The molecule has 0 spiro atoms. The van der Waals surface area contributed by atoms with E-state index < -0.39 is 0 Å². The number of carbonyl (C=O) groups is 1. The summed E-state index contributed by atoms with van der Waals surface area (Å²) in [5.41, 5.74) is 0. The van der Waals surface area contributed by atoms with Gasteiger partial charge < -0.3 is 10.0 Å². The fourth-order valence-corrected chi connectivity index (χ4v) is 2.06. The van der Waals surface area contributed by atoms with Crippen LogP contribution < -0.4 is 0 Å². The van der Waals surface area contributed by atoms with Gasteiger partial charge in [-0.25, -0.2) is 0 Å². The zero-order valence-corrected chi connectivity index (χ0v) is 8.61. The molecule has 1 aliphatic heterocycles. The number of amides is 1. The highest BCUT2D eigenvalue weighted by atomic mass is 16.3. The maximum atomic E-state index is 11.7. The summed E-state index contributed by atoms with van der Waals surface area (Å²) in [4.78, 5) is 13.7. The van der Waals surface area contributed by atoms with Crippen molar-refractivity contribution in [1.82, 2.24) is 4.90 Å². The van der Waals surface area contributed by atoms with Gasteiger partial charge in [0.2, 0.25) is 5.91 Å². The number of aliphatic hydroxyl groups excluding tert-OH is 1. The molecule has 0 aromatic rings. The highest BCUT2D eigenvalue weighted by Gasteiger charge is 2.28. The van der Waals surface area contributed by atoms with Crippen molar-refractivity contribution in [3.05, 3.63) is 0 Å². The predicted molar refractivity (Wildman–Crippen MR) is 53.7 cm³/mol. The Kier molecular flexibility index (Phi) is 3.06. The van der Waals surface area contributed by atoms with Crippen molar-refractivity contribution in [2.24, 2.45) is 11.8 Å². The molecule has 14 heavy (non-hydrogen) atoms. The van der Waals surface area contributed by atoms with Gasteiger partial charge in [-0.2, -0.15) is 0 Å². The van der Waals surface area contributed by atoms with Crippen LogP contribution in [0.15, 0.2) is 0 Å². The Morgan fingerprint density at radius 1 is 1.14 bits per heavy atom. The van der Waals surface area contributed by atoms with E-state index >= 15 is 0 Å². The van der Waals surface area contributed by atoms with E-state index in [4.69, 9.17) is 5.11 Å². The van der Waals surface area contributed by atoms with Gasteiger partial charge in [0.1, 0.15) is 0 Å². The molecule has 1 saturated heterocycles. The number of piperidine rings is 1. The van der Waals surface area contributed by atoms with E-state index in [9.17, 15) is 4.79 Å². The first kappa shape index (κ1) is 9.97. The molecule has 2 aliphatic rings. The molecule has 0 atom stereocenters. The molecule has 0 bridgehead atoms. The molecular weight excluding hydrogens is 178 g/mol. The average molecular weight is 197 g/mol. The molecule has 3 heteroatoms. The van der Waals surface area contributed by atoms with Crippen LogP contribution in [-0.4, -0.2) is 35.6 Å². The van der Waals surface area contributed by atoms with Crippen LogP contribution in [0, 0.1) is 11.8 Å². The summed E-state index contributed by atoms with van der Waals surface area (Å²) < 4.78 is 0. The van der Waals surface area contributed by atoms with Crippen molar-refractivity contribution in [2.75, 3.05) is 19.7 Å². The van der Waals surface area contributed by atoms with Crippen LogP contribution in [0.2, 0.25) is 0 Å². The lowest BCUT2D eigenvalue weighted by Gasteiger charge is -2.31. The van der Waals surface area contributed by atoms with Crippen LogP contribution in [0.1, 0.15) is 32.1 Å². The smallest absolute Gasteiger partial charge is 0.222 e. The molecule has 2 fully saturated rings. The quantitative estimate of drug-likeness (QED) is 0.733. The van der Waals surface area contributed by atoms with E-state index in [-0.39, 0.29) is 6.61 Å². The zero-order chi connectivity index (χ0) is 9.97. The zero-order valence-electron chi connectivity index (χ0n) is 8.61. The number of aliphatic hydroxyl groups is 1. The summed E-state index contributed by atoms with van der Waals surface area (Å²) >= 11 is 0. The fraction of sp³-hybridized carbons (Fsp3) is 0.909. The molecule has 2 rings (SSSR count).